The van der Waals surface area contributed by atoms with E-state index in [1.807, 2.05) is 12.3 Å². The van der Waals surface area contributed by atoms with Crippen LogP contribution in [0.2, 0.25) is 0 Å². The summed E-state index contributed by atoms with van der Waals surface area (Å²) in [5, 5.41) is 1.20. The van der Waals surface area contributed by atoms with Gasteiger partial charge in [-0.1, -0.05) is 65.3 Å². The molecule has 0 N–H and O–H groups in total. The lowest BCUT2D eigenvalue weighted by Crippen LogP contribution is -1.96. The van der Waals surface area contributed by atoms with Crippen LogP contribution in [0.3, 0.4) is 0 Å². The van der Waals surface area contributed by atoms with Crippen LogP contribution in [-0.2, 0) is 6.42 Å². The summed E-state index contributed by atoms with van der Waals surface area (Å²) < 4.78 is 1.12. The number of hydrogen-bond donors (Lipinski definition) is 0. The van der Waals surface area contributed by atoms with Crippen LogP contribution in [0, 0.1) is 0 Å². The van der Waals surface area contributed by atoms with Gasteiger partial charge < -0.3 is 0 Å². The highest BCUT2D eigenvalue weighted by atomic mass is 79.9. The van der Waals surface area contributed by atoms with Crippen molar-refractivity contribution >= 4 is 26.8 Å². The van der Waals surface area contributed by atoms with E-state index in [9.17, 15) is 0 Å². The minimum Gasteiger partial charge on any atom is -0.256 e. The molecule has 2 heteroatoms. The molecule has 1 unspecified atom stereocenters. The van der Waals surface area contributed by atoms with Gasteiger partial charge in [0.2, 0.25) is 0 Å². The van der Waals surface area contributed by atoms with E-state index in [-0.39, 0.29) is 0 Å². The maximum atomic E-state index is 4.57. The Morgan fingerprint density at radius 3 is 2.64 bits per heavy atom. The van der Waals surface area contributed by atoms with Gasteiger partial charge in [0.05, 0.1) is 5.52 Å². The molecule has 1 heterocycles. The van der Waals surface area contributed by atoms with E-state index in [1.54, 1.807) is 0 Å². The number of aryl methyl sites for hydroxylation is 1. The van der Waals surface area contributed by atoms with Gasteiger partial charge in [-0.15, -0.1) is 0 Å². The van der Waals surface area contributed by atoms with Crippen molar-refractivity contribution < 1.29 is 0 Å². The van der Waals surface area contributed by atoms with Gasteiger partial charge in [-0.2, -0.15) is 0 Å². The van der Waals surface area contributed by atoms with E-state index in [2.05, 4.69) is 76.4 Å². The second-order valence-corrected chi connectivity index (χ2v) is 6.66. The predicted octanol–water partition coefficient (Wildman–Crippen LogP) is 6.12. The summed E-state index contributed by atoms with van der Waals surface area (Å²) in [6.07, 6.45) is 5.35. The van der Waals surface area contributed by atoms with Crippen LogP contribution >= 0.6 is 15.9 Å². The Hall–Kier alpha value is -1.67. The number of fused-ring (bicyclic) bond motifs is 1. The number of pyridine rings is 1. The van der Waals surface area contributed by atoms with E-state index in [0.717, 1.165) is 16.4 Å². The number of benzene rings is 2. The maximum Gasteiger partial charge on any atom is 0.0745 e. The van der Waals surface area contributed by atoms with Gasteiger partial charge in [0.25, 0.3) is 0 Å². The number of hydrogen-bond acceptors (Lipinski definition) is 1. The zero-order valence-corrected chi connectivity index (χ0v) is 14.4. The first-order chi connectivity index (χ1) is 10.8. The lowest BCUT2D eigenvalue weighted by atomic mass is 9.94. The summed E-state index contributed by atoms with van der Waals surface area (Å²) in [5.41, 5.74) is 3.91. The van der Waals surface area contributed by atoms with Crippen LogP contribution < -0.4 is 0 Å². The molecule has 1 atom stereocenters. The van der Waals surface area contributed by atoms with Gasteiger partial charge in [-0.3, -0.25) is 4.98 Å². The van der Waals surface area contributed by atoms with Crippen molar-refractivity contribution in [2.75, 3.05) is 0 Å². The van der Waals surface area contributed by atoms with Crippen LogP contribution in [0.1, 0.15) is 36.8 Å². The molecule has 0 bridgehead atoms. The average molecular weight is 354 g/mol. The number of halogens is 1. The molecule has 22 heavy (non-hydrogen) atoms. The number of aromatic nitrogens is 1. The third-order valence-electron chi connectivity index (χ3n) is 4.25. The molecule has 112 valence electrons. The normalized spacial score (nSPS) is 12.5. The van der Waals surface area contributed by atoms with Gasteiger partial charge in [-0.25, -0.2) is 0 Å². The lowest BCUT2D eigenvalue weighted by molar-refractivity contribution is 0.634. The van der Waals surface area contributed by atoms with Crippen molar-refractivity contribution in [1.29, 1.82) is 0 Å². The molecule has 0 radical (unpaired) electrons. The molecule has 2 aromatic carbocycles. The summed E-state index contributed by atoms with van der Waals surface area (Å²) in [6, 6.07) is 19.2. The molecule has 0 spiro atoms. The first-order valence-electron chi connectivity index (χ1n) is 7.83. The van der Waals surface area contributed by atoms with E-state index in [4.69, 9.17) is 0 Å². The van der Waals surface area contributed by atoms with Crippen molar-refractivity contribution in [2.24, 2.45) is 0 Å². The quantitative estimate of drug-likeness (QED) is 0.538. The Bertz CT molecular complexity index is 752. The minimum absolute atomic E-state index is 0.607. The Labute approximate surface area is 140 Å². The van der Waals surface area contributed by atoms with Crippen LogP contribution in [0.4, 0.5) is 0 Å². The fourth-order valence-corrected chi connectivity index (χ4v) is 3.40. The molecule has 1 aromatic heterocycles. The summed E-state index contributed by atoms with van der Waals surface area (Å²) in [5.74, 6) is 0.607. The molecule has 1 nitrogen and oxygen atoms in total. The molecular weight excluding hydrogens is 334 g/mol. The zero-order chi connectivity index (χ0) is 15.4. The third-order valence-corrected chi connectivity index (χ3v) is 4.94. The largest absolute Gasteiger partial charge is 0.256 e. The molecule has 3 aromatic rings. The Balaban J connectivity index is 1.69. The number of nitrogens with zero attached hydrogens (tertiary/aromatic N) is 1. The smallest absolute Gasteiger partial charge is 0.0745 e. The Morgan fingerprint density at radius 2 is 1.82 bits per heavy atom. The molecule has 0 aliphatic heterocycles. The Kier molecular flexibility index (Phi) is 4.89. The van der Waals surface area contributed by atoms with Crippen molar-refractivity contribution in [3.63, 3.8) is 0 Å². The summed E-state index contributed by atoms with van der Waals surface area (Å²) in [7, 11) is 0. The predicted molar refractivity (Wildman–Crippen MR) is 97.2 cm³/mol. The third kappa shape index (κ3) is 3.38. The highest BCUT2D eigenvalue weighted by Crippen LogP contribution is 2.27. The maximum absolute atomic E-state index is 4.57. The van der Waals surface area contributed by atoms with E-state index < -0.39 is 0 Å². The van der Waals surface area contributed by atoms with Crippen molar-refractivity contribution in [3.8, 4) is 0 Å². The van der Waals surface area contributed by atoms with Gasteiger partial charge in [0, 0.05) is 16.1 Å². The fraction of sp³-hybridized carbons (Fsp3) is 0.250. The fourth-order valence-electron chi connectivity index (χ4n) is 2.95. The molecule has 0 amide bonds. The molecule has 0 saturated carbocycles. The topological polar surface area (TPSA) is 12.9 Å². The SMILES string of the molecule is CC(CCCc1ccc(Br)c2cccnc12)c1ccccc1. The molecule has 3 rings (SSSR count). The zero-order valence-electron chi connectivity index (χ0n) is 12.8. The standard InChI is InChI=1S/C20H20BrN/c1-15(16-8-3-2-4-9-16)7-5-10-17-12-13-19(21)18-11-6-14-22-20(17)18/h2-4,6,8-9,11-15H,5,7,10H2,1H3. The second-order valence-electron chi connectivity index (χ2n) is 5.81. The van der Waals surface area contributed by atoms with Crippen LogP contribution in [-0.4, -0.2) is 4.98 Å². The Morgan fingerprint density at radius 1 is 1.00 bits per heavy atom. The summed E-state index contributed by atoms with van der Waals surface area (Å²) in [4.78, 5) is 4.57. The highest BCUT2D eigenvalue weighted by molar-refractivity contribution is 9.10. The van der Waals surface area contributed by atoms with Crippen LogP contribution in [0.25, 0.3) is 10.9 Å². The van der Waals surface area contributed by atoms with Crippen LogP contribution in [0.15, 0.2) is 65.3 Å². The van der Waals surface area contributed by atoms with E-state index in [1.165, 1.54) is 29.4 Å². The monoisotopic (exact) mass is 353 g/mol. The first-order valence-corrected chi connectivity index (χ1v) is 8.62. The summed E-state index contributed by atoms with van der Waals surface area (Å²) >= 11 is 3.61. The van der Waals surface area contributed by atoms with E-state index in [0.29, 0.717) is 5.92 Å². The second kappa shape index (κ2) is 7.06. The van der Waals surface area contributed by atoms with Gasteiger partial charge in [0.1, 0.15) is 0 Å². The van der Waals surface area contributed by atoms with Gasteiger partial charge >= 0.3 is 0 Å². The first kappa shape index (κ1) is 15.2. The van der Waals surface area contributed by atoms with Crippen molar-refractivity contribution in [2.45, 2.75) is 32.1 Å². The molecule has 0 saturated heterocycles. The highest BCUT2D eigenvalue weighted by Gasteiger charge is 2.08. The van der Waals surface area contributed by atoms with Crippen LogP contribution in [0.5, 0.6) is 0 Å². The molecule has 0 fully saturated rings. The molecule has 0 aliphatic rings. The molecular formula is C20H20BrN. The van der Waals surface area contributed by atoms with Crippen molar-refractivity contribution in [1.82, 2.24) is 4.98 Å². The molecule has 0 aliphatic carbocycles. The number of rotatable bonds is 5. The summed E-state index contributed by atoms with van der Waals surface area (Å²) in [6.45, 7) is 2.31. The van der Waals surface area contributed by atoms with Gasteiger partial charge in [-0.05, 0) is 48.4 Å². The van der Waals surface area contributed by atoms with Crippen molar-refractivity contribution in [3.05, 3.63) is 76.4 Å². The minimum atomic E-state index is 0.607. The van der Waals surface area contributed by atoms with Gasteiger partial charge in [0.15, 0.2) is 0 Å². The average Bonchev–Trinajstić information content (AvgIpc) is 2.58. The van der Waals surface area contributed by atoms with E-state index >= 15 is 0 Å². The lowest BCUT2D eigenvalue weighted by Gasteiger charge is -2.12.